The molecule has 1 saturated heterocycles. The SMILES string of the molecule is Cc1ccc(-c2nc(C(=O)N3CCN(S(=O)(=O)c4ccccc4[N+](=O)[O-])CC3)cs2)c(C)c1. The number of nitro groups is 1. The zero-order valence-corrected chi connectivity index (χ0v) is 19.7. The van der Waals surface area contributed by atoms with Gasteiger partial charge in [-0.1, -0.05) is 35.9 Å². The van der Waals surface area contributed by atoms with Crippen molar-refractivity contribution >= 4 is 33.0 Å². The predicted octanol–water partition coefficient (Wildman–Crippen LogP) is 3.48. The maximum absolute atomic E-state index is 13.0. The third-order valence-electron chi connectivity index (χ3n) is 5.54. The molecule has 11 heteroatoms. The molecule has 0 saturated carbocycles. The highest BCUT2D eigenvalue weighted by Crippen LogP contribution is 2.29. The lowest BCUT2D eigenvalue weighted by atomic mass is 10.1. The molecule has 0 bridgehead atoms. The van der Waals surface area contributed by atoms with Crippen molar-refractivity contribution in [2.75, 3.05) is 26.2 Å². The number of hydrogen-bond acceptors (Lipinski definition) is 7. The first-order chi connectivity index (χ1) is 15.7. The number of sulfonamides is 1. The van der Waals surface area contributed by atoms with E-state index in [1.165, 1.54) is 39.9 Å². The lowest BCUT2D eigenvalue weighted by Crippen LogP contribution is -2.50. The van der Waals surface area contributed by atoms with Gasteiger partial charge >= 0.3 is 0 Å². The number of carbonyl (C=O) groups excluding carboxylic acids is 1. The molecule has 1 aliphatic heterocycles. The van der Waals surface area contributed by atoms with Crippen LogP contribution < -0.4 is 0 Å². The number of carbonyl (C=O) groups is 1. The van der Waals surface area contributed by atoms with Gasteiger partial charge in [0.25, 0.3) is 11.6 Å². The van der Waals surface area contributed by atoms with Gasteiger partial charge in [-0.3, -0.25) is 14.9 Å². The fourth-order valence-electron chi connectivity index (χ4n) is 3.81. The molecular weight excluding hydrogens is 464 g/mol. The molecule has 0 N–H and O–H groups in total. The Morgan fingerprint density at radius 3 is 2.45 bits per heavy atom. The van der Waals surface area contributed by atoms with Crippen molar-refractivity contribution in [2.24, 2.45) is 0 Å². The Kier molecular flexibility index (Phi) is 6.28. The molecule has 2 aromatic carbocycles. The molecule has 3 aromatic rings. The third kappa shape index (κ3) is 4.52. The van der Waals surface area contributed by atoms with Crippen molar-refractivity contribution in [2.45, 2.75) is 18.7 Å². The molecule has 0 radical (unpaired) electrons. The second-order valence-electron chi connectivity index (χ2n) is 7.78. The summed E-state index contributed by atoms with van der Waals surface area (Å²) in [6, 6.07) is 11.3. The summed E-state index contributed by atoms with van der Waals surface area (Å²) in [6.45, 7) is 4.47. The molecule has 172 valence electrons. The Hall–Kier alpha value is -3.15. The van der Waals surface area contributed by atoms with Gasteiger partial charge in [-0.25, -0.2) is 13.4 Å². The van der Waals surface area contributed by atoms with E-state index in [9.17, 15) is 23.3 Å². The minimum Gasteiger partial charge on any atom is -0.335 e. The van der Waals surface area contributed by atoms with Crippen molar-refractivity contribution in [1.82, 2.24) is 14.2 Å². The number of aromatic nitrogens is 1. The third-order valence-corrected chi connectivity index (χ3v) is 8.36. The van der Waals surface area contributed by atoms with E-state index >= 15 is 0 Å². The van der Waals surface area contributed by atoms with Gasteiger partial charge in [0, 0.05) is 43.2 Å². The first kappa shape index (κ1) is 23.0. The summed E-state index contributed by atoms with van der Waals surface area (Å²) in [5.41, 5.74) is 3.07. The fourth-order valence-corrected chi connectivity index (χ4v) is 6.27. The Morgan fingerprint density at radius 2 is 1.79 bits per heavy atom. The van der Waals surface area contributed by atoms with E-state index in [0.717, 1.165) is 21.7 Å². The molecule has 9 nitrogen and oxygen atoms in total. The van der Waals surface area contributed by atoms with Gasteiger partial charge in [0.2, 0.25) is 10.0 Å². The first-order valence-corrected chi connectivity index (χ1v) is 12.6. The van der Waals surface area contributed by atoms with Crippen LogP contribution >= 0.6 is 11.3 Å². The predicted molar refractivity (Wildman–Crippen MR) is 125 cm³/mol. The van der Waals surface area contributed by atoms with Gasteiger partial charge in [0.1, 0.15) is 10.7 Å². The molecule has 0 spiro atoms. The van der Waals surface area contributed by atoms with E-state index in [1.54, 1.807) is 10.3 Å². The average Bonchev–Trinajstić information content (AvgIpc) is 3.28. The average molecular weight is 487 g/mol. The molecule has 2 heterocycles. The van der Waals surface area contributed by atoms with Crippen LogP contribution in [-0.2, 0) is 10.0 Å². The molecule has 1 aromatic heterocycles. The standard InChI is InChI=1S/C22H22N4O5S2/c1-15-7-8-17(16(2)13-15)21-23-18(14-32-21)22(27)24-9-11-25(12-10-24)33(30,31)20-6-4-3-5-19(20)26(28)29/h3-8,13-14H,9-12H2,1-2H3. The van der Waals surface area contributed by atoms with Crippen molar-refractivity contribution in [3.05, 3.63) is 74.8 Å². The summed E-state index contributed by atoms with van der Waals surface area (Å²) in [6.07, 6.45) is 0. The summed E-state index contributed by atoms with van der Waals surface area (Å²) in [4.78, 5) is 29.2. The van der Waals surface area contributed by atoms with E-state index in [0.29, 0.717) is 5.69 Å². The van der Waals surface area contributed by atoms with E-state index < -0.39 is 20.6 Å². The van der Waals surface area contributed by atoms with E-state index in [2.05, 4.69) is 11.1 Å². The van der Waals surface area contributed by atoms with Crippen LogP contribution in [0.25, 0.3) is 10.6 Å². The summed E-state index contributed by atoms with van der Waals surface area (Å²) in [5.74, 6) is -0.259. The molecular formula is C22H22N4O5S2. The van der Waals surface area contributed by atoms with Gasteiger partial charge in [0.15, 0.2) is 4.90 Å². The molecule has 1 fully saturated rings. The topological polar surface area (TPSA) is 114 Å². The van der Waals surface area contributed by atoms with Crippen LogP contribution in [0.5, 0.6) is 0 Å². The van der Waals surface area contributed by atoms with Crippen LogP contribution in [0.4, 0.5) is 5.69 Å². The van der Waals surface area contributed by atoms with Crippen LogP contribution in [0.2, 0.25) is 0 Å². The highest BCUT2D eigenvalue weighted by Gasteiger charge is 2.35. The molecule has 0 aliphatic carbocycles. The number of aryl methyl sites for hydroxylation is 2. The van der Waals surface area contributed by atoms with Crippen LogP contribution in [0.15, 0.2) is 52.7 Å². The molecule has 1 aliphatic rings. The van der Waals surface area contributed by atoms with Crippen molar-refractivity contribution in [3.8, 4) is 10.6 Å². The highest BCUT2D eigenvalue weighted by molar-refractivity contribution is 7.89. The first-order valence-electron chi connectivity index (χ1n) is 10.2. The smallest absolute Gasteiger partial charge is 0.289 e. The van der Waals surface area contributed by atoms with Gasteiger partial charge in [-0.15, -0.1) is 11.3 Å². The normalized spacial score (nSPS) is 14.9. The van der Waals surface area contributed by atoms with Gasteiger partial charge < -0.3 is 4.90 Å². The molecule has 1 amide bonds. The minimum atomic E-state index is -4.05. The van der Waals surface area contributed by atoms with Crippen molar-refractivity contribution in [3.63, 3.8) is 0 Å². The number of hydrogen-bond donors (Lipinski definition) is 0. The Balaban J connectivity index is 1.47. The number of thiazole rings is 1. The van der Waals surface area contributed by atoms with Crippen LogP contribution in [0.1, 0.15) is 21.6 Å². The van der Waals surface area contributed by atoms with Crippen molar-refractivity contribution in [1.29, 1.82) is 0 Å². The molecule has 0 unspecified atom stereocenters. The monoisotopic (exact) mass is 486 g/mol. The summed E-state index contributed by atoms with van der Waals surface area (Å²) in [7, 11) is -4.05. The Labute approximate surface area is 195 Å². The molecule has 4 rings (SSSR count). The van der Waals surface area contributed by atoms with E-state index in [4.69, 9.17) is 0 Å². The maximum atomic E-state index is 13.0. The van der Waals surface area contributed by atoms with Gasteiger partial charge in [0.05, 0.1) is 4.92 Å². The number of benzene rings is 2. The van der Waals surface area contributed by atoms with Crippen molar-refractivity contribution < 1.29 is 18.1 Å². The number of nitro benzene ring substituents is 1. The van der Waals surface area contributed by atoms with E-state index in [-0.39, 0.29) is 37.0 Å². The highest BCUT2D eigenvalue weighted by atomic mass is 32.2. The summed E-state index contributed by atoms with van der Waals surface area (Å²) >= 11 is 1.39. The largest absolute Gasteiger partial charge is 0.335 e. The molecule has 0 atom stereocenters. The fraction of sp³-hybridized carbons (Fsp3) is 0.273. The quantitative estimate of drug-likeness (QED) is 0.403. The van der Waals surface area contributed by atoms with E-state index in [1.807, 2.05) is 26.0 Å². The van der Waals surface area contributed by atoms with Crippen LogP contribution in [0.3, 0.4) is 0 Å². The number of piperazine rings is 1. The number of amides is 1. The second kappa shape index (κ2) is 9.00. The lowest BCUT2D eigenvalue weighted by molar-refractivity contribution is -0.387. The zero-order valence-electron chi connectivity index (χ0n) is 18.1. The van der Waals surface area contributed by atoms with Gasteiger partial charge in [-0.05, 0) is 25.5 Å². The maximum Gasteiger partial charge on any atom is 0.289 e. The van der Waals surface area contributed by atoms with Gasteiger partial charge in [-0.2, -0.15) is 4.31 Å². The van der Waals surface area contributed by atoms with Crippen LogP contribution in [-0.4, -0.2) is 59.6 Å². The summed E-state index contributed by atoms with van der Waals surface area (Å²) < 4.78 is 27.1. The number of nitrogens with zero attached hydrogens (tertiary/aromatic N) is 4. The number of rotatable bonds is 5. The second-order valence-corrected chi connectivity index (χ2v) is 10.5. The molecule has 33 heavy (non-hydrogen) atoms. The van der Waals surface area contributed by atoms with Crippen LogP contribution in [0, 0.1) is 24.0 Å². The lowest BCUT2D eigenvalue weighted by Gasteiger charge is -2.33. The Bertz CT molecular complexity index is 1330. The number of para-hydroxylation sites is 1. The minimum absolute atomic E-state index is 0.0498. The zero-order chi connectivity index (χ0) is 23.8. The Morgan fingerprint density at radius 1 is 1.09 bits per heavy atom. The summed E-state index contributed by atoms with van der Waals surface area (Å²) in [5, 5.41) is 13.7.